The van der Waals surface area contributed by atoms with Crippen LogP contribution in [-0.4, -0.2) is 28.2 Å². The zero-order chi connectivity index (χ0) is 13.0. The molecule has 1 heterocycles. The molecule has 6 heteroatoms. The summed E-state index contributed by atoms with van der Waals surface area (Å²) in [6.45, 7) is 2.07. The van der Waals surface area contributed by atoms with Crippen molar-refractivity contribution in [1.29, 1.82) is 0 Å². The van der Waals surface area contributed by atoms with Crippen molar-refractivity contribution in [3.05, 3.63) is 29.3 Å². The van der Waals surface area contributed by atoms with Crippen LogP contribution in [0.2, 0.25) is 5.02 Å². The van der Waals surface area contributed by atoms with Crippen LogP contribution >= 0.6 is 23.4 Å². The predicted molar refractivity (Wildman–Crippen MR) is 76.2 cm³/mol. The van der Waals surface area contributed by atoms with Crippen LogP contribution in [0.25, 0.3) is 11.4 Å². The average molecular weight is 284 g/mol. The van der Waals surface area contributed by atoms with E-state index < -0.39 is 0 Å². The van der Waals surface area contributed by atoms with Crippen LogP contribution in [0.4, 0.5) is 6.01 Å². The molecule has 0 aliphatic carbocycles. The molecule has 2 aromatic rings. The largest absolute Gasteiger partial charge is 0.334 e. The smallest absolute Gasteiger partial charge is 0.322 e. The van der Waals surface area contributed by atoms with E-state index in [0.29, 0.717) is 16.9 Å². The van der Waals surface area contributed by atoms with Gasteiger partial charge in [-0.05, 0) is 25.3 Å². The fraction of sp³-hybridized carbons (Fsp3) is 0.333. The number of hydrogen-bond donors (Lipinski definition) is 1. The Morgan fingerprint density at radius 2 is 2.33 bits per heavy atom. The molecule has 18 heavy (non-hydrogen) atoms. The van der Waals surface area contributed by atoms with Gasteiger partial charge in [-0.1, -0.05) is 28.9 Å². The molecular weight excluding hydrogens is 270 g/mol. The minimum absolute atomic E-state index is 0.285. The summed E-state index contributed by atoms with van der Waals surface area (Å²) in [5.41, 5.74) is 0.844. The molecule has 1 N–H and O–H groups in total. The van der Waals surface area contributed by atoms with Crippen molar-refractivity contribution in [2.24, 2.45) is 0 Å². The Morgan fingerprint density at radius 3 is 3.06 bits per heavy atom. The number of aromatic nitrogens is 2. The number of rotatable bonds is 5. The summed E-state index contributed by atoms with van der Waals surface area (Å²) in [6.07, 6.45) is 2.06. The van der Waals surface area contributed by atoms with Gasteiger partial charge in [-0.15, -0.1) is 0 Å². The molecule has 0 spiro atoms. The average Bonchev–Trinajstić information content (AvgIpc) is 2.78. The number of nitrogens with zero attached hydrogens (tertiary/aromatic N) is 2. The minimum atomic E-state index is 0.285. The summed E-state index contributed by atoms with van der Waals surface area (Å²) >= 11 is 7.69. The SMILES string of the molecule is CSCC(C)Nc1nc(-c2cccc(Cl)c2)no1. The maximum atomic E-state index is 5.92. The van der Waals surface area contributed by atoms with E-state index in [0.717, 1.165) is 11.3 Å². The predicted octanol–water partition coefficient (Wildman–Crippen LogP) is 3.55. The van der Waals surface area contributed by atoms with Gasteiger partial charge in [0.05, 0.1) is 0 Å². The third kappa shape index (κ3) is 3.40. The second kappa shape index (κ2) is 6.11. The standard InChI is InChI=1S/C12H14ClN3OS/c1-8(7-18-2)14-12-15-11(16-17-12)9-4-3-5-10(13)6-9/h3-6,8H,7H2,1-2H3,(H,14,15,16). The maximum absolute atomic E-state index is 5.92. The van der Waals surface area contributed by atoms with Crippen molar-refractivity contribution < 1.29 is 4.52 Å². The quantitative estimate of drug-likeness (QED) is 0.909. The molecule has 2 rings (SSSR count). The molecule has 0 saturated heterocycles. The highest BCUT2D eigenvalue weighted by Gasteiger charge is 2.10. The summed E-state index contributed by atoms with van der Waals surface area (Å²) in [6, 6.07) is 8.09. The van der Waals surface area contributed by atoms with Crippen LogP contribution in [0.1, 0.15) is 6.92 Å². The molecule has 1 atom stereocenters. The summed E-state index contributed by atoms with van der Waals surface area (Å²) < 4.78 is 5.15. The summed E-state index contributed by atoms with van der Waals surface area (Å²) in [5, 5.41) is 7.74. The second-order valence-corrected chi connectivity index (χ2v) is 5.28. The van der Waals surface area contributed by atoms with Crippen LogP contribution in [0.3, 0.4) is 0 Å². The molecule has 0 aliphatic rings. The van der Waals surface area contributed by atoms with Gasteiger partial charge in [-0.25, -0.2) is 0 Å². The molecule has 96 valence electrons. The van der Waals surface area contributed by atoms with E-state index >= 15 is 0 Å². The van der Waals surface area contributed by atoms with Crippen molar-refractivity contribution >= 4 is 29.4 Å². The Balaban J connectivity index is 2.10. The zero-order valence-electron chi connectivity index (χ0n) is 10.2. The highest BCUT2D eigenvalue weighted by molar-refractivity contribution is 7.98. The minimum Gasteiger partial charge on any atom is -0.334 e. The lowest BCUT2D eigenvalue weighted by Gasteiger charge is -2.08. The third-order valence-electron chi connectivity index (χ3n) is 2.30. The van der Waals surface area contributed by atoms with Gasteiger partial charge >= 0.3 is 6.01 Å². The molecule has 0 bridgehead atoms. The van der Waals surface area contributed by atoms with Crippen LogP contribution < -0.4 is 5.32 Å². The van der Waals surface area contributed by atoms with Crippen molar-refractivity contribution in [3.8, 4) is 11.4 Å². The van der Waals surface area contributed by atoms with Crippen LogP contribution in [0.5, 0.6) is 0 Å². The number of benzene rings is 1. The highest BCUT2D eigenvalue weighted by Crippen LogP contribution is 2.21. The van der Waals surface area contributed by atoms with Crippen LogP contribution in [-0.2, 0) is 0 Å². The van der Waals surface area contributed by atoms with Crippen molar-refractivity contribution in [1.82, 2.24) is 10.1 Å². The van der Waals surface area contributed by atoms with E-state index in [-0.39, 0.29) is 6.04 Å². The Hall–Kier alpha value is -1.20. The number of halogens is 1. The lowest BCUT2D eigenvalue weighted by atomic mass is 10.2. The molecule has 0 radical (unpaired) electrons. The Bertz CT molecular complexity index is 518. The summed E-state index contributed by atoms with van der Waals surface area (Å²) in [5.74, 6) is 1.52. The Labute approximate surface area is 115 Å². The van der Waals surface area contributed by atoms with Gasteiger partial charge in [0, 0.05) is 22.4 Å². The zero-order valence-corrected chi connectivity index (χ0v) is 11.8. The molecule has 1 aromatic carbocycles. The molecule has 0 aliphatic heterocycles. The van der Waals surface area contributed by atoms with Crippen molar-refractivity contribution in [2.45, 2.75) is 13.0 Å². The van der Waals surface area contributed by atoms with E-state index in [9.17, 15) is 0 Å². The molecular formula is C12H14ClN3OS. The highest BCUT2D eigenvalue weighted by atomic mass is 35.5. The first-order valence-corrected chi connectivity index (χ1v) is 7.31. The molecule has 1 aromatic heterocycles. The van der Waals surface area contributed by atoms with Gasteiger partial charge < -0.3 is 9.84 Å². The van der Waals surface area contributed by atoms with Gasteiger partial charge in [0.1, 0.15) is 0 Å². The van der Waals surface area contributed by atoms with Crippen molar-refractivity contribution in [2.75, 3.05) is 17.3 Å². The fourth-order valence-corrected chi connectivity index (χ4v) is 2.30. The normalized spacial score (nSPS) is 12.4. The van der Waals surface area contributed by atoms with Crippen molar-refractivity contribution in [3.63, 3.8) is 0 Å². The van der Waals surface area contributed by atoms with Gasteiger partial charge in [-0.2, -0.15) is 16.7 Å². The van der Waals surface area contributed by atoms with Gasteiger partial charge in [0.15, 0.2) is 0 Å². The first-order chi connectivity index (χ1) is 8.69. The van der Waals surface area contributed by atoms with Gasteiger partial charge in [-0.3, -0.25) is 0 Å². The maximum Gasteiger partial charge on any atom is 0.322 e. The molecule has 0 amide bonds. The number of anilines is 1. The van der Waals surface area contributed by atoms with Gasteiger partial charge in [0.25, 0.3) is 0 Å². The van der Waals surface area contributed by atoms with E-state index in [1.807, 2.05) is 24.3 Å². The topological polar surface area (TPSA) is 51.0 Å². The number of nitrogens with one attached hydrogen (secondary N) is 1. The van der Waals surface area contributed by atoms with Gasteiger partial charge in [0.2, 0.25) is 5.82 Å². The number of hydrogen-bond acceptors (Lipinski definition) is 5. The third-order valence-corrected chi connectivity index (χ3v) is 3.36. The molecule has 4 nitrogen and oxygen atoms in total. The molecule has 0 saturated carbocycles. The summed E-state index contributed by atoms with van der Waals surface area (Å²) in [7, 11) is 0. The van der Waals surface area contributed by atoms with Crippen LogP contribution in [0, 0.1) is 0 Å². The van der Waals surface area contributed by atoms with Crippen LogP contribution in [0.15, 0.2) is 28.8 Å². The molecule has 0 fully saturated rings. The van der Waals surface area contributed by atoms with E-state index in [4.69, 9.17) is 16.1 Å². The number of thioether (sulfide) groups is 1. The monoisotopic (exact) mass is 283 g/mol. The lowest BCUT2D eigenvalue weighted by molar-refractivity contribution is 0.430. The first kappa shape index (κ1) is 13.2. The summed E-state index contributed by atoms with van der Waals surface area (Å²) in [4.78, 5) is 4.29. The lowest BCUT2D eigenvalue weighted by Crippen LogP contribution is -2.17. The second-order valence-electron chi connectivity index (χ2n) is 3.93. The van der Waals surface area contributed by atoms with E-state index in [1.54, 1.807) is 11.8 Å². The van der Waals surface area contributed by atoms with E-state index in [2.05, 4.69) is 28.6 Å². The van der Waals surface area contributed by atoms with E-state index in [1.165, 1.54) is 0 Å². The Kier molecular flexibility index (Phi) is 4.49. The fourth-order valence-electron chi connectivity index (χ4n) is 1.53. The Morgan fingerprint density at radius 1 is 1.50 bits per heavy atom. The first-order valence-electron chi connectivity index (χ1n) is 5.54. The molecule has 1 unspecified atom stereocenters.